The predicted octanol–water partition coefficient (Wildman–Crippen LogP) is 17.8. The smallest absolute Gasteiger partial charge is 0.116 e. The van der Waals surface area contributed by atoms with Crippen LogP contribution in [0.15, 0.2) is 269 Å². The highest BCUT2D eigenvalue weighted by Gasteiger charge is 2.50. The first-order chi connectivity index (χ1) is 34.7. The molecule has 0 radical (unpaired) electrons. The molecule has 0 aliphatic carbocycles. The van der Waals surface area contributed by atoms with Gasteiger partial charge in [-0.05, 0) is 119 Å². The van der Waals surface area contributed by atoms with Gasteiger partial charge >= 0.3 is 0 Å². The Labute approximate surface area is 417 Å². The number of nitrogens with zero attached hydrogens (tertiary/aromatic N) is 2. The van der Waals surface area contributed by atoms with Crippen LogP contribution in [0.25, 0.3) is 77.9 Å². The van der Waals surface area contributed by atoms with Gasteiger partial charge in [0.1, 0.15) is 11.4 Å². The first-order valence-corrected chi connectivity index (χ1v) is 25.4. The number of hydrogen-bond donors (Lipinski definition) is 0. The molecule has 0 unspecified atom stereocenters. The van der Waals surface area contributed by atoms with Gasteiger partial charge in [0, 0.05) is 26.4 Å². The molecule has 0 amide bonds. The van der Waals surface area contributed by atoms with Crippen molar-refractivity contribution >= 4 is 23.5 Å². The molecular weight excluding hydrogens is 885 g/mol. The molecule has 0 saturated carbocycles. The molecule has 1 spiro atoms. The van der Waals surface area contributed by atoms with E-state index < -0.39 is 5.41 Å². The third kappa shape index (κ3) is 6.74. The summed E-state index contributed by atoms with van der Waals surface area (Å²) in [6.07, 6.45) is 3.76. The molecular formula is C66H44N2S2. The third-order valence-corrected chi connectivity index (χ3v) is 16.4. The highest BCUT2D eigenvalue weighted by atomic mass is 32.2. The van der Waals surface area contributed by atoms with Crippen molar-refractivity contribution in [3.8, 4) is 77.9 Å². The number of aromatic nitrogens is 2. The van der Waals surface area contributed by atoms with E-state index >= 15 is 0 Å². The number of benzene rings is 10. The highest BCUT2D eigenvalue weighted by Crippen LogP contribution is 2.63. The summed E-state index contributed by atoms with van der Waals surface area (Å²) in [7, 11) is 0. The Morgan fingerprint density at radius 1 is 0.314 bits per heavy atom. The van der Waals surface area contributed by atoms with Crippen molar-refractivity contribution in [3.05, 3.63) is 277 Å². The largest absolute Gasteiger partial charge is 0.244 e. The molecule has 70 heavy (non-hydrogen) atoms. The molecule has 1 aromatic heterocycles. The van der Waals surface area contributed by atoms with Gasteiger partial charge in [-0.25, -0.2) is 9.97 Å². The fourth-order valence-electron chi connectivity index (χ4n) is 11.2. The Balaban J connectivity index is 1.11. The quantitative estimate of drug-likeness (QED) is 0.149. The Bertz CT molecular complexity index is 3580. The van der Waals surface area contributed by atoms with Gasteiger partial charge in [0.25, 0.3) is 0 Å². The molecule has 2 aliphatic rings. The van der Waals surface area contributed by atoms with Crippen LogP contribution in [0.4, 0.5) is 0 Å². The van der Waals surface area contributed by atoms with Gasteiger partial charge in [0.15, 0.2) is 0 Å². The van der Waals surface area contributed by atoms with Crippen LogP contribution in [0.1, 0.15) is 27.8 Å². The normalized spacial score (nSPS) is 12.9. The Morgan fingerprint density at radius 2 is 0.671 bits per heavy atom. The van der Waals surface area contributed by atoms with Crippen LogP contribution < -0.4 is 0 Å². The van der Waals surface area contributed by atoms with E-state index in [4.69, 9.17) is 9.97 Å². The number of rotatable bonds is 7. The second-order valence-corrected chi connectivity index (χ2v) is 20.1. The van der Waals surface area contributed by atoms with Gasteiger partial charge < -0.3 is 0 Å². The zero-order valence-corrected chi connectivity index (χ0v) is 40.0. The second-order valence-electron chi connectivity index (χ2n) is 18.0. The van der Waals surface area contributed by atoms with Crippen molar-refractivity contribution in [2.45, 2.75) is 32.1 Å². The van der Waals surface area contributed by atoms with Crippen LogP contribution in [0, 0.1) is 6.92 Å². The fourth-order valence-corrected chi connectivity index (χ4v) is 13.7. The molecule has 0 saturated heterocycles. The summed E-state index contributed by atoms with van der Waals surface area (Å²) in [5, 5.41) is 0.989. The standard InChI is InChI=1S/C66H44N2S2/c1-43-35-40-53-64(70-65-54(41-67-42-68-65)66(53)51-31-17-19-33-55(51)69-56-34-20-18-32-52(56)66)57(43)49-36-38-50(39-37-49)63-61(47-27-13-5-14-28-47)59(45-23-9-3-10-24-45)58(44-21-7-2-8-22-44)60(46-25-11-4-12-26-46)62(63)48-29-15-6-16-30-48/h2-42H,1H3. The summed E-state index contributed by atoms with van der Waals surface area (Å²) in [6.45, 7) is 2.26. The zero-order chi connectivity index (χ0) is 46.6. The summed E-state index contributed by atoms with van der Waals surface area (Å²) >= 11 is 3.63. The molecule has 0 N–H and O–H groups in total. The molecule has 0 atom stereocenters. The van der Waals surface area contributed by atoms with Crippen LogP contribution in [0.5, 0.6) is 0 Å². The summed E-state index contributed by atoms with van der Waals surface area (Å²) in [5.74, 6) is 0. The van der Waals surface area contributed by atoms with Crippen LogP contribution in [0.2, 0.25) is 0 Å². The minimum atomic E-state index is -0.602. The van der Waals surface area contributed by atoms with Crippen LogP contribution >= 0.6 is 23.5 Å². The molecule has 4 heteroatoms. The van der Waals surface area contributed by atoms with E-state index in [1.165, 1.54) is 98.1 Å². The Kier molecular flexibility index (Phi) is 10.5. The maximum absolute atomic E-state index is 5.05. The zero-order valence-electron chi connectivity index (χ0n) is 38.4. The lowest BCUT2D eigenvalue weighted by Gasteiger charge is -2.45. The Hall–Kier alpha value is -8.02. The van der Waals surface area contributed by atoms with Crippen molar-refractivity contribution in [2.75, 3.05) is 0 Å². The van der Waals surface area contributed by atoms with E-state index in [-0.39, 0.29) is 0 Å². The molecule has 13 rings (SSSR count). The average Bonchev–Trinajstić information content (AvgIpc) is 3.43. The monoisotopic (exact) mass is 928 g/mol. The van der Waals surface area contributed by atoms with E-state index in [2.05, 4.69) is 250 Å². The summed E-state index contributed by atoms with van der Waals surface area (Å²) in [6, 6.07) is 87.0. The van der Waals surface area contributed by atoms with Gasteiger partial charge in [0.2, 0.25) is 0 Å². The van der Waals surface area contributed by atoms with Crippen molar-refractivity contribution in [1.82, 2.24) is 9.97 Å². The van der Waals surface area contributed by atoms with Crippen molar-refractivity contribution in [3.63, 3.8) is 0 Å². The molecule has 2 aliphatic heterocycles. The van der Waals surface area contributed by atoms with Gasteiger partial charge in [0.05, 0.1) is 5.41 Å². The van der Waals surface area contributed by atoms with Crippen molar-refractivity contribution in [2.24, 2.45) is 0 Å². The number of aryl methyl sites for hydroxylation is 1. The molecule has 330 valence electrons. The maximum atomic E-state index is 5.05. The lowest BCUT2D eigenvalue weighted by Crippen LogP contribution is -2.37. The first kappa shape index (κ1) is 42.1. The fraction of sp³-hybridized carbons (Fsp3) is 0.0303. The van der Waals surface area contributed by atoms with Crippen LogP contribution in [0.3, 0.4) is 0 Å². The molecule has 11 aromatic rings. The van der Waals surface area contributed by atoms with E-state index in [1.807, 2.05) is 11.8 Å². The number of fused-ring (bicyclic) bond motifs is 8. The maximum Gasteiger partial charge on any atom is 0.116 e. The van der Waals surface area contributed by atoms with Gasteiger partial charge in [-0.2, -0.15) is 0 Å². The van der Waals surface area contributed by atoms with E-state index in [1.54, 1.807) is 18.1 Å². The Morgan fingerprint density at radius 3 is 1.09 bits per heavy atom. The molecule has 0 fully saturated rings. The lowest BCUT2D eigenvalue weighted by molar-refractivity contribution is 0.650. The SMILES string of the molecule is Cc1ccc2c(c1-c1ccc(-c3c(-c4ccccc4)c(-c4ccccc4)c(-c4ccccc4)c(-c4ccccc4)c3-c3ccccc3)cc1)Sc1ncncc1C21c2ccccc2Sc2ccccc21. The molecule has 0 bridgehead atoms. The van der Waals surface area contributed by atoms with Crippen molar-refractivity contribution < 1.29 is 0 Å². The summed E-state index contributed by atoms with van der Waals surface area (Å²) < 4.78 is 0. The summed E-state index contributed by atoms with van der Waals surface area (Å²) in [5.41, 5.74) is 22.1. The average molecular weight is 929 g/mol. The predicted molar refractivity (Wildman–Crippen MR) is 291 cm³/mol. The first-order valence-electron chi connectivity index (χ1n) is 23.8. The van der Waals surface area contributed by atoms with Gasteiger partial charge in [-0.3, -0.25) is 0 Å². The topological polar surface area (TPSA) is 25.8 Å². The van der Waals surface area contributed by atoms with E-state index in [0.29, 0.717) is 0 Å². The van der Waals surface area contributed by atoms with Gasteiger partial charge in [-0.1, -0.05) is 248 Å². The van der Waals surface area contributed by atoms with Crippen LogP contribution in [-0.4, -0.2) is 9.97 Å². The third-order valence-electron chi connectivity index (χ3n) is 14.1. The van der Waals surface area contributed by atoms with E-state index in [9.17, 15) is 0 Å². The minimum absolute atomic E-state index is 0.602. The molecule has 2 nitrogen and oxygen atoms in total. The van der Waals surface area contributed by atoms with Crippen molar-refractivity contribution in [1.29, 1.82) is 0 Å². The minimum Gasteiger partial charge on any atom is -0.244 e. The highest BCUT2D eigenvalue weighted by molar-refractivity contribution is 8.00. The molecule has 3 heterocycles. The second kappa shape index (κ2) is 17.5. The van der Waals surface area contributed by atoms with Crippen LogP contribution in [-0.2, 0) is 5.41 Å². The summed E-state index contributed by atoms with van der Waals surface area (Å²) in [4.78, 5) is 13.5. The molecule has 10 aromatic carbocycles. The van der Waals surface area contributed by atoms with Gasteiger partial charge in [-0.15, -0.1) is 0 Å². The lowest BCUT2D eigenvalue weighted by atomic mass is 9.64. The van der Waals surface area contributed by atoms with E-state index in [0.717, 1.165) is 27.3 Å². The number of hydrogen-bond acceptors (Lipinski definition) is 4.